The summed E-state index contributed by atoms with van der Waals surface area (Å²) in [6, 6.07) is 11.5. The van der Waals surface area contributed by atoms with Gasteiger partial charge < -0.3 is 15.4 Å². The Morgan fingerprint density at radius 2 is 1.92 bits per heavy atom. The third-order valence-electron chi connectivity index (χ3n) is 4.57. The third kappa shape index (κ3) is 5.28. The molecule has 2 heterocycles. The van der Waals surface area contributed by atoms with E-state index in [1.165, 1.54) is 0 Å². The van der Waals surface area contributed by atoms with E-state index in [-0.39, 0.29) is 36.1 Å². The van der Waals surface area contributed by atoms with Crippen LogP contribution in [-0.4, -0.2) is 44.2 Å². The quantitative estimate of drug-likeness (QED) is 0.830. The Hall–Kier alpha value is -1.40. The van der Waals surface area contributed by atoms with Crippen LogP contribution in [-0.2, 0) is 4.74 Å². The minimum Gasteiger partial charge on any atom is -0.384 e. The molecule has 1 aliphatic heterocycles. The van der Waals surface area contributed by atoms with Gasteiger partial charge in [-0.15, -0.1) is 24.8 Å². The van der Waals surface area contributed by atoms with E-state index in [0.29, 0.717) is 18.8 Å². The first kappa shape index (κ1) is 21.6. The van der Waals surface area contributed by atoms with E-state index in [9.17, 15) is 4.79 Å². The van der Waals surface area contributed by atoms with Crippen molar-refractivity contribution in [3.05, 3.63) is 42.1 Å². The van der Waals surface area contributed by atoms with Crippen molar-refractivity contribution < 1.29 is 9.53 Å². The molecule has 1 amide bonds. The van der Waals surface area contributed by atoms with E-state index in [1.54, 1.807) is 13.2 Å². The van der Waals surface area contributed by atoms with Crippen LogP contribution in [0, 0.1) is 5.41 Å². The molecule has 1 fully saturated rings. The maximum atomic E-state index is 12.4. The van der Waals surface area contributed by atoms with Gasteiger partial charge in [-0.25, -0.2) is 4.98 Å². The molecule has 0 radical (unpaired) electrons. The number of halogens is 2. The first-order valence-electron chi connectivity index (χ1n) is 8.06. The second kappa shape index (κ2) is 9.92. The predicted octanol–water partition coefficient (Wildman–Crippen LogP) is 2.82. The molecule has 3 rings (SSSR count). The SMILES string of the molecule is COCC1(CNC(=O)c2ccc3ccccc3n2)CCNCC1.Cl.Cl. The van der Waals surface area contributed by atoms with Gasteiger partial charge in [-0.2, -0.15) is 0 Å². The van der Waals surface area contributed by atoms with E-state index < -0.39 is 0 Å². The molecule has 0 bridgehead atoms. The van der Waals surface area contributed by atoms with E-state index in [2.05, 4.69) is 15.6 Å². The number of methoxy groups -OCH3 is 1. The molecule has 0 unspecified atom stereocenters. The highest BCUT2D eigenvalue weighted by molar-refractivity contribution is 5.94. The molecule has 0 aliphatic carbocycles. The number of hydrogen-bond donors (Lipinski definition) is 2. The van der Waals surface area contributed by atoms with Crippen LogP contribution < -0.4 is 10.6 Å². The molecule has 0 spiro atoms. The summed E-state index contributed by atoms with van der Waals surface area (Å²) in [5, 5.41) is 7.45. The summed E-state index contributed by atoms with van der Waals surface area (Å²) in [6.45, 7) is 3.22. The second-order valence-electron chi connectivity index (χ2n) is 6.25. The number of aromatic nitrogens is 1. The van der Waals surface area contributed by atoms with Gasteiger partial charge in [0, 0.05) is 24.5 Å². The van der Waals surface area contributed by atoms with Gasteiger partial charge in [-0.1, -0.05) is 24.3 Å². The van der Waals surface area contributed by atoms with Crippen molar-refractivity contribution in [3.63, 3.8) is 0 Å². The predicted molar refractivity (Wildman–Crippen MR) is 105 cm³/mol. The van der Waals surface area contributed by atoms with Gasteiger partial charge in [0.2, 0.25) is 0 Å². The number of carbonyl (C=O) groups excluding carboxylic acids is 1. The van der Waals surface area contributed by atoms with E-state index in [0.717, 1.165) is 36.8 Å². The lowest BCUT2D eigenvalue weighted by Crippen LogP contribution is -2.47. The maximum absolute atomic E-state index is 12.4. The Bertz CT molecular complexity index is 685. The molecule has 2 N–H and O–H groups in total. The molecule has 7 heteroatoms. The van der Waals surface area contributed by atoms with Crippen molar-refractivity contribution in [2.24, 2.45) is 5.41 Å². The molecule has 1 aromatic heterocycles. The Balaban J connectivity index is 0.00000156. The van der Waals surface area contributed by atoms with Crippen molar-refractivity contribution in [2.45, 2.75) is 12.8 Å². The zero-order valence-electron chi connectivity index (χ0n) is 14.3. The van der Waals surface area contributed by atoms with Gasteiger partial charge in [0.15, 0.2) is 0 Å². The fraction of sp³-hybridized carbons (Fsp3) is 0.444. The van der Waals surface area contributed by atoms with Crippen molar-refractivity contribution >= 4 is 41.6 Å². The van der Waals surface area contributed by atoms with Gasteiger partial charge in [0.25, 0.3) is 5.91 Å². The highest BCUT2D eigenvalue weighted by Crippen LogP contribution is 2.28. The Labute approximate surface area is 160 Å². The molecule has 1 aromatic carbocycles. The molecule has 2 aromatic rings. The van der Waals surface area contributed by atoms with Crippen LogP contribution in [0.25, 0.3) is 10.9 Å². The number of carbonyl (C=O) groups is 1. The standard InChI is InChI=1S/C18H23N3O2.2ClH/c1-23-13-18(8-10-19-11-9-18)12-20-17(22)16-7-6-14-4-2-3-5-15(14)21-16;;/h2-7,19H,8-13H2,1H3,(H,20,22);2*1H. The number of amides is 1. The second-order valence-corrected chi connectivity index (χ2v) is 6.25. The zero-order valence-corrected chi connectivity index (χ0v) is 15.9. The van der Waals surface area contributed by atoms with Gasteiger partial charge in [-0.3, -0.25) is 4.79 Å². The highest BCUT2D eigenvalue weighted by atomic mass is 35.5. The molecule has 0 atom stereocenters. The van der Waals surface area contributed by atoms with Crippen molar-refractivity contribution in [3.8, 4) is 0 Å². The summed E-state index contributed by atoms with van der Waals surface area (Å²) < 4.78 is 5.39. The molecular weight excluding hydrogens is 361 g/mol. The number of para-hydroxylation sites is 1. The van der Waals surface area contributed by atoms with Gasteiger partial charge in [0.1, 0.15) is 5.69 Å². The van der Waals surface area contributed by atoms with Crippen LogP contribution in [0.1, 0.15) is 23.3 Å². The smallest absolute Gasteiger partial charge is 0.269 e. The maximum Gasteiger partial charge on any atom is 0.269 e. The fourth-order valence-corrected chi connectivity index (χ4v) is 3.19. The average molecular weight is 386 g/mol. The normalized spacial score (nSPS) is 15.7. The van der Waals surface area contributed by atoms with Crippen LogP contribution >= 0.6 is 24.8 Å². The Kier molecular flexibility index (Phi) is 8.59. The largest absolute Gasteiger partial charge is 0.384 e. The highest BCUT2D eigenvalue weighted by Gasteiger charge is 2.32. The number of benzene rings is 1. The third-order valence-corrected chi connectivity index (χ3v) is 4.57. The molecule has 25 heavy (non-hydrogen) atoms. The minimum absolute atomic E-state index is 0. The first-order valence-corrected chi connectivity index (χ1v) is 8.06. The average Bonchev–Trinajstić information content (AvgIpc) is 2.60. The van der Waals surface area contributed by atoms with E-state index in [1.807, 2.05) is 30.3 Å². The van der Waals surface area contributed by atoms with Crippen molar-refractivity contribution in [2.75, 3.05) is 33.4 Å². The van der Waals surface area contributed by atoms with Crippen LogP contribution in [0.5, 0.6) is 0 Å². The lowest BCUT2D eigenvalue weighted by Gasteiger charge is -2.37. The lowest BCUT2D eigenvalue weighted by atomic mass is 9.79. The van der Waals surface area contributed by atoms with Gasteiger partial charge in [0.05, 0.1) is 12.1 Å². The molecular formula is C18H25Cl2N3O2. The summed E-state index contributed by atoms with van der Waals surface area (Å²) in [7, 11) is 1.72. The number of hydrogen-bond acceptors (Lipinski definition) is 4. The van der Waals surface area contributed by atoms with Gasteiger partial charge in [-0.05, 0) is 38.1 Å². The monoisotopic (exact) mass is 385 g/mol. The van der Waals surface area contributed by atoms with Crippen LogP contribution in [0.2, 0.25) is 0 Å². The van der Waals surface area contributed by atoms with Crippen LogP contribution in [0.15, 0.2) is 36.4 Å². The summed E-state index contributed by atoms with van der Waals surface area (Å²) in [6.07, 6.45) is 2.01. The number of fused-ring (bicyclic) bond motifs is 1. The number of rotatable bonds is 5. The Morgan fingerprint density at radius 3 is 2.64 bits per heavy atom. The van der Waals surface area contributed by atoms with Crippen molar-refractivity contribution in [1.29, 1.82) is 0 Å². The van der Waals surface area contributed by atoms with E-state index in [4.69, 9.17) is 4.74 Å². The molecule has 5 nitrogen and oxygen atoms in total. The van der Waals surface area contributed by atoms with Gasteiger partial charge >= 0.3 is 0 Å². The number of nitrogens with zero attached hydrogens (tertiary/aromatic N) is 1. The molecule has 0 saturated carbocycles. The number of piperidine rings is 1. The molecule has 1 aliphatic rings. The number of pyridine rings is 1. The van der Waals surface area contributed by atoms with E-state index >= 15 is 0 Å². The summed E-state index contributed by atoms with van der Waals surface area (Å²) >= 11 is 0. The summed E-state index contributed by atoms with van der Waals surface area (Å²) in [5.41, 5.74) is 1.32. The summed E-state index contributed by atoms with van der Waals surface area (Å²) in [4.78, 5) is 16.9. The Morgan fingerprint density at radius 1 is 1.20 bits per heavy atom. The minimum atomic E-state index is -0.121. The van der Waals surface area contributed by atoms with Crippen LogP contribution in [0.3, 0.4) is 0 Å². The zero-order chi connectivity index (χ0) is 16.1. The molecule has 138 valence electrons. The first-order chi connectivity index (χ1) is 11.2. The lowest BCUT2D eigenvalue weighted by molar-refractivity contribution is 0.0511. The molecule has 1 saturated heterocycles. The number of ether oxygens (including phenoxy) is 1. The topological polar surface area (TPSA) is 63.2 Å². The fourth-order valence-electron chi connectivity index (χ4n) is 3.19. The summed E-state index contributed by atoms with van der Waals surface area (Å²) in [5.74, 6) is -0.121. The van der Waals surface area contributed by atoms with Crippen molar-refractivity contribution in [1.82, 2.24) is 15.6 Å². The van der Waals surface area contributed by atoms with Crippen LogP contribution in [0.4, 0.5) is 0 Å². The number of nitrogens with one attached hydrogen (secondary N) is 2.